The van der Waals surface area contributed by atoms with Gasteiger partial charge in [-0.05, 0) is 87.2 Å². The van der Waals surface area contributed by atoms with E-state index in [2.05, 4.69) is 12.2 Å². The highest BCUT2D eigenvalue weighted by molar-refractivity contribution is 8.00. The molecule has 5 aliphatic rings. The minimum atomic E-state index is -0.511. The molecular weight excluding hydrogens is 448 g/mol. The molecule has 6 nitrogen and oxygen atoms in total. The number of thioether (sulfide) groups is 1. The molecular formula is C27H36N2O4S. The maximum absolute atomic E-state index is 12.9. The average Bonchev–Trinajstić information content (AvgIpc) is 2.80. The topological polar surface area (TPSA) is 75.7 Å². The van der Waals surface area contributed by atoms with Gasteiger partial charge in [0.05, 0.1) is 11.3 Å². The molecule has 1 heterocycles. The second kappa shape index (κ2) is 9.92. The van der Waals surface area contributed by atoms with Gasteiger partial charge in [-0.3, -0.25) is 9.59 Å². The van der Waals surface area contributed by atoms with Gasteiger partial charge in [0.25, 0.3) is 5.91 Å². The fourth-order valence-corrected chi connectivity index (χ4v) is 8.05. The standard InChI is InChI=1S/C27H36N2O4S/c1-18-5-4-8-29(15-18)25(31)16-33-26(32)22-6-2-3-7-23(22)34-17-24(30)28-27-12-19-9-20(13-27)11-21(10-19)14-27/h2-3,6-7,18-21H,4-5,8-17H2,1H3,(H,28,30). The van der Waals surface area contributed by atoms with Crippen molar-refractivity contribution in [2.75, 3.05) is 25.4 Å². The van der Waals surface area contributed by atoms with Crippen LogP contribution in [0.15, 0.2) is 29.2 Å². The lowest BCUT2D eigenvalue weighted by molar-refractivity contribution is -0.136. The molecule has 1 aromatic carbocycles. The number of hydrogen-bond donors (Lipinski definition) is 1. The summed E-state index contributed by atoms with van der Waals surface area (Å²) in [6.07, 6.45) is 9.54. The number of nitrogens with one attached hydrogen (secondary N) is 1. The highest BCUT2D eigenvalue weighted by Gasteiger charge is 2.51. The zero-order valence-electron chi connectivity index (χ0n) is 20.1. The smallest absolute Gasteiger partial charge is 0.339 e. The van der Waals surface area contributed by atoms with Gasteiger partial charge in [0.2, 0.25) is 5.91 Å². The predicted molar refractivity (Wildman–Crippen MR) is 131 cm³/mol. The summed E-state index contributed by atoms with van der Waals surface area (Å²) < 4.78 is 5.37. The molecule has 0 aromatic heterocycles. The largest absolute Gasteiger partial charge is 0.452 e. The highest BCUT2D eigenvalue weighted by Crippen LogP contribution is 2.55. The van der Waals surface area contributed by atoms with Gasteiger partial charge < -0.3 is 15.0 Å². The predicted octanol–water partition coefficient (Wildman–Crippen LogP) is 4.28. The SMILES string of the molecule is CC1CCCN(C(=O)COC(=O)c2ccccc2SCC(=O)NC23CC4CC(CC(C4)C2)C3)C1. The molecule has 1 atom stereocenters. The van der Waals surface area contributed by atoms with Gasteiger partial charge in [0, 0.05) is 23.5 Å². The molecule has 184 valence electrons. The molecule has 1 unspecified atom stereocenters. The van der Waals surface area contributed by atoms with E-state index in [0.29, 0.717) is 16.4 Å². The molecule has 6 rings (SSSR count). The van der Waals surface area contributed by atoms with Crippen LogP contribution in [-0.2, 0) is 14.3 Å². The maximum Gasteiger partial charge on any atom is 0.339 e. The van der Waals surface area contributed by atoms with Crippen LogP contribution in [0.1, 0.15) is 68.6 Å². The van der Waals surface area contributed by atoms with E-state index >= 15 is 0 Å². The number of ether oxygens (including phenoxy) is 1. The van der Waals surface area contributed by atoms with E-state index in [-0.39, 0.29) is 29.7 Å². The number of piperidine rings is 1. The van der Waals surface area contributed by atoms with Gasteiger partial charge in [-0.25, -0.2) is 4.79 Å². The van der Waals surface area contributed by atoms with Crippen molar-refractivity contribution in [2.24, 2.45) is 23.7 Å². The molecule has 4 bridgehead atoms. The Morgan fingerprint density at radius 2 is 1.76 bits per heavy atom. The zero-order chi connectivity index (χ0) is 23.7. The Morgan fingerprint density at radius 3 is 2.44 bits per heavy atom. The van der Waals surface area contributed by atoms with E-state index in [1.54, 1.807) is 17.0 Å². The summed E-state index contributed by atoms with van der Waals surface area (Å²) in [5.74, 6) is 2.50. The van der Waals surface area contributed by atoms with Crippen LogP contribution in [0.4, 0.5) is 0 Å². The van der Waals surface area contributed by atoms with Crippen LogP contribution >= 0.6 is 11.8 Å². The second-order valence-corrected chi connectivity index (χ2v) is 12.2. The van der Waals surface area contributed by atoms with Crippen LogP contribution in [0.3, 0.4) is 0 Å². The highest BCUT2D eigenvalue weighted by atomic mass is 32.2. The molecule has 0 spiro atoms. The summed E-state index contributed by atoms with van der Waals surface area (Å²) in [4.78, 5) is 40.6. The van der Waals surface area contributed by atoms with E-state index < -0.39 is 5.97 Å². The van der Waals surface area contributed by atoms with Gasteiger partial charge in [-0.1, -0.05) is 19.1 Å². The molecule has 1 N–H and O–H groups in total. The van der Waals surface area contributed by atoms with E-state index in [0.717, 1.165) is 62.9 Å². The number of rotatable bonds is 7. The molecule has 34 heavy (non-hydrogen) atoms. The Kier molecular flexibility index (Phi) is 6.92. The van der Waals surface area contributed by atoms with Gasteiger partial charge in [0.15, 0.2) is 6.61 Å². The monoisotopic (exact) mass is 484 g/mol. The normalized spacial score (nSPS) is 31.9. The van der Waals surface area contributed by atoms with Crippen molar-refractivity contribution in [3.05, 3.63) is 29.8 Å². The first-order chi connectivity index (χ1) is 16.4. The molecule has 2 amide bonds. The Balaban J connectivity index is 1.14. The fourth-order valence-electron chi connectivity index (χ4n) is 7.21. The summed E-state index contributed by atoms with van der Waals surface area (Å²) in [5, 5.41) is 3.40. The lowest BCUT2D eigenvalue weighted by atomic mass is 9.53. The third-order valence-corrected chi connectivity index (χ3v) is 9.32. The third kappa shape index (κ3) is 5.29. The van der Waals surface area contributed by atoms with Gasteiger partial charge >= 0.3 is 5.97 Å². The second-order valence-electron chi connectivity index (χ2n) is 11.2. The zero-order valence-corrected chi connectivity index (χ0v) is 20.9. The van der Waals surface area contributed by atoms with Crippen LogP contribution in [0.2, 0.25) is 0 Å². The first kappa shape index (κ1) is 23.7. The number of carbonyl (C=O) groups is 3. The van der Waals surface area contributed by atoms with Crippen molar-refractivity contribution >= 4 is 29.5 Å². The van der Waals surface area contributed by atoms with Crippen molar-refractivity contribution < 1.29 is 19.1 Å². The van der Waals surface area contributed by atoms with Crippen molar-refractivity contribution in [3.63, 3.8) is 0 Å². The minimum Gasteiger partial charge on any atom is -0.452 e. The van der Waals surface area contributed by atoms with Crippen LogP contribution in [0.5, 0.6) is 0 Å². The van der Waals surface area contributed by atoms with Crippen LogP contribution in [0.25, 0.3) is 0 Å². The van der Waals surface area contributed by atoms with Gasteiger partial charge in [-0.2, -0.15) is 0 Å². The third-order valence-electron chi connectivity index (χ3n) is 8.25. The molecule has 5 fully saturated rings. The fraction of sp³-hybridized carbons (Fsp3) is 0.667. The van der Waals surface area contributed by atoms with Gasteiger partial charge in [0.1, 0.15) is 0 Å². The Labute approximate surface area is 206 Å². The summed E-state index contributed by atoms with van der Waals surface area (Å²) in [7, 11) is 0. The van der Waals surface area contributed by atoms with E-state index in [9.17, 15) is 14.4 Å². The van der Waals surface area contributed by atoms with Crippen molar-refractivity contribution in [3.8, 4) is 0 Å². The van der Waals surface area contributed by atoms with E-state index in [4.69, 9.17) is 4.74 Å². The average molecular weight is 485 g/mol. The summed E-state index contributed by atoms with van der Waals surface area (Å²) in [5.41, 5.74) is 0.409. The first-order valence-electron chi connectivity index (χ1n) is 12.9. The van der Waals surface area contributed by atoms with Crippen molar-refractivity contribution in [1.82, 2.24) is 10.2 Å². The Morgan fingerprint density at radius 1 is 1.09 bits per heavy atom. The maximum atomic E-state index is 12.9. The number of carbonyl (C=O) groups excluding carboxylic acids is 3. The molecule has 1 aromatic rings. The number of amides is 2. The van der Waals surface area contributed by atoms with Crippen LogP contribution in [0, 0.1) is 23.7 Å². The van der Waals surface area contributed by atoms with Crippen molar-refractivity contribution in [1.29, 1.82) is 0 Å². The molecule has 4 aliphatic carbocycles. The molecule has 1 saturated heterocycles. The molecule has 1 aliphatic heterocycles. The molecule has 4 saturated carbocycles. The first-order valence-corrected chi connectivity index (χ1v) is 13.9. The quantitative estimate of drug-likeness (QED) is 0.462. The molecule has 0 radical (unpaired) electrons. The minimum absolute atomic E-state index is 0.00282. The number of esters is 1. The van der Waals surface area contributed by atoms with E-state index in [1.165, 1.54) is 31.0 Å². The van der Waals surface area contributed by atoms with Crippen LogP contribution in [-0.4, -0.2) is 53.7 Å². The van der Waals surface area contributed by atoms with E-state index in [1.807, 2.05) is 12.1 Å². The molecule has 7 heteroatoms. The van der Waals surface area contributed by atoms with Gasteiger partial charge in [-0.15, -0.1) is 11.8 Å². The number of hydrogen-bond acceptors (Lipinski definition) is 5. The summed E-state index contributed by atoms with van der Waals surface area (Å²) in [6.45, 7) is 3.35. The number of likely N-dealkylation sites (tertiary alicyclic amines) is 1. The Hall–Kier alpha value is -2.02. The van der Waals surface area contributed by atoms with Crippen molar-refractivity contribution in [2.45, 2.75) is 68.7 Å². The number of nitrogens with zero attached hydrogens (tertiary/aromatic N) is 1. The Bertz CT molecular complexity index is 913. The summed E-state index contributed by atoms with van der Waals surface area (Å²) >= 11 is 1.37. The lowest BCUT2D eigenvalue weighted by Gasteiger charge is -2.56. The van der Waals surface area contributed by atoms with Crippen LogP contribution < -0.4 is 5.32 Å². The summed E-state index contributed by atoms with van der Waals surface area (Å²) in [6, 6.07) is 7.18. The number of benzene rings is 1. The lowest BCUT2D eigenvalue weighted by Crippen LogP contribution is -2.60.